The number of carbonyl (C=O) groups excluding carboxylic acids is 2. The summed E-state index contributed by atoms with van der Waals surface area (Å²) < 4.78 is 86.6. The van der Waals surface area contributed by atoms with E-state index in [1.165, 1.54) is 13.8 Å². The second kappa shape index (κ2) is 11.7. The van der Waals surface area contributed by atoms with Crippen LogP contribution in [0.4, 0.5) is 31.1 Å². The quantitative estimate of drug-likeness (QED) is 0.427. The van der Waals surface area contributed by atoms with Crippen molar-refractivity contribution in [2.75, 3.05) is 39.3 Å². The van der Waals surface area contributed by atoms with Crippen LogP contribution in [-0.2, 0) is 21.9 Å². The van der Waals surface area contributed by atoms with Crippen LogP contribution in [0, 0.1) is 0 Å². The lowest BCUT2D eigenvalue weighted by atomic mass is 9.87. The molecule has 2 aliphatic rings. The molecule has 0 spiro atoms. The number of likely N-dealkylation sites (tertiary alicyclic amines) is 1. The van der Waals surface area contributed by atoms with E-state index in [1.807, 2.05) is 30.3 Å². The minimum absolute atomic E-state index is 0.0496. The average molecular weight is 572 g/mol. The molecule has 2 aromatic carbocycles. The Bertz CT molecular complexity index is 1160. The highest BCUT2D eigenvalue weighted by molar-refractivity contribution is 5.76. The minimum atomic E-state index is -4.95. The Balaban J connectivity index is 1.54. The predicted molar refractivity (Wildman–Crippen MR) is 134 cm³/mol. The zero-order chi connectivity index (χ0) is 29.2. The smallest absolute Gasteiger partial charge is 0.370 e. The van der Waals surface area contributed by atoms with Crippen LogP contribution in [0.2, 0.25) is 0 Å². The Hall–Kier alpha value is -3.28. The van der Waals surface area contributed by atoms with Crippen molar-refractivity contribution >= 4 is 11.9 Å². The minimum Gasteiger partial charge on any atom is -0.370 e. The van der Waals surface area contributed by atoms with E-state index in [-0.39, 0.29) is 36.0 Å². The van der Waals surface area contributed by atoms with E-state index in [9.17, 15) is 35.9 Å². The molecular weight excluding hydrogens is 540 g/mol. The number of amides is 3. The molecule has 3 unspecified atom stereocenters. The largest absolute Gasteiger partial charge is 0.416 e. The van der Waals surface area contributed by atoms with Crippen LogP contribution in [0.5, 0.6) is 0 Å². The molecule has 2 fully saturated rings. The van der Waals surface area contributed by atoms with Crippen LogP contribution < -0.4 is 0 Å². The Morgan fingerprint density at radius 1 is 0.825 bits per heavy atom. The molecule has 12 heteroatoms. The van der Waals surface area contributed by atoms with Gasteiger partial charge in [-0.25, -0.2) is 4.79 Å². The van der Waals surface area contributed by atoms with Crippen LogP contribution in [-0.4, -0.2) is 72.0 Å². The molecule has 3 amide bonds. The highest BCUT2D eigenvalue weighted by Crippen LogP contribution is 2.39. The molecule has 2 aromatic rings. The zero-order valence-corrected chi connectivity index (χ0v) is 22.1. The van der Waals surface area contributed by atoms with E-state index >= 15 is 0 Å². The molecule has 6 nitrogen and oxygen atoms in total. The summed E-state index contributed by atoms with van der Waals surface area (Å²) in [6.07, 6.45) is -11.2. The summed E-state index contributed by atoms with van der Waals surface area (Å²) in [6.45, 7) is 5.18. The van der Waals surface area contributed by atoms with Crippen molar-refractivity contribution in [3.63, 3.8) is 0 Å². The standard InChI is InChI=1S/C28H31F6N3O3/c1-18(21-14-22(27(29,30)31)16-23(15-21)28(32,33)34)40-25-8-9-37(17-24(25)20-6-4-3-5-7-20)26(39)36-12-10-35(11-13-36)19(2)38/h3-7,14-16,18,24-25H,8-13,17H2,1-2H3. The van der Waals surface area contributed by atoms with Crippen LogP contribution in [0.15, 0.2) is 48.5 Å². The second-order valence-corrected chi connectivity index (χ2v) is 10.2. The molecule has 0 aliphatic carbocycles. The van der Waals surface area contributed by atoms with E-state index in [4.69, 9.17) is 4.74 Å². The summed E-state index contributed by atoms with van der Waals surface area (Å²) in [7, 11) is 0. The van der Waals surface area contributed by atoms with E-state index in [1.54, 1.807) is 14.7 Å². The number of urea groups is 1. The number of alkyl halides is 6. The number of halogens is 6. The fourth-order valence-corrected chi connectivity index (χ4v) is 5.25. The zero-order valence-electron chi connectivity index (χ0n) is 22.1. The molecule has 218 valence electrons. The fourth-order valence-electron chi connectivity index (χ4n) is 5.25. The number of nitrogens with zero attached hydrogens (tertiary/aromatic N) is 3. The van der Waals surface area contributed by atoms with Crippen LogP contribution in [0.3, 0.4) is 0 Å². The summed E-state index contributed by atoms with van der Waals surface area (Å²) in [6, 6.07) is 10.5. The van der Waals surface area contributed by atoms with Crippen LogP contribution in [0.25, 0.3) is 0 Å². The van der Waals surface area contributed by atoms with Crippen molar-refractivity contribution in [2.45, 2.75) is 50.7 Å². The van der Waals surface area contributed by atoms with Crippen molar-refractivity contribution in [1.29, 1.82) is 0 Å². The molecule has 4 rings (SSSR count). The summed E-state index contributed by atoms with van der Waals surface area (Å²) >= 11 is 0. The lowest BCUT2D eigenvalue weighted by Gasteiger charge is -2.43. The van der Waals surface area contributed by atoms with E-state index in [0.717, 1.165) is 5.56 Å². The first-order valence-electron chi connectivity index (χ1n) is 13.0. The average Bonchev–Trinajstić information content (AvgIpc) is 2.92. The topological polar surface area (TPSA) is 53.1 Å². The molecule has 2 aliphatic heterocycles. The van der Waals surface area contributed by atoms with Gasteiger partial charge >= 0.3 is 18.4 Å². The maximum Gasteiger partial charge on any atom is 0.416 e. The van der Waals surface area contributed by atoms with Gasteiger partial charge in [0.1, 0.15) is 0 Å². The normalized spacial score (nSPS) is 21.4. The molecule has 0 saturated carbocycles. The number of benzene rings is 2. The number of piperazine rings is 1. The Morgan fingerprint density at radius 2 is 1.38 bits per heavy atom. The van der Waals surface area contributed by atoms with Gasteiger partial charge in [0.05, 0.1) is 23.3 Å². The van der Waals surface area contributed by atoms with Crippen LogP contribution in [0.1, 0.15) is 54.5 Å². The van der Waals surface area contributed by atoms with Crippen molar-refractivity contribution in [1.82, 2.24) is 14.7 Å². The van der Waals surface area contributed by atoms with E-state index in [0.29, 0.717) is 51.3 Å². The van der Waals surface area contributed by atoms with Crippen molar-refractivity contribution in [2.24, 2.45) is 0 Å². The maximum absolute atomic E-state index is 13.4. The third-order valence-electron chi connectivity index (χ3n) is 7.50. The third-order valence-corrected chi connectivity index (χ3v) is 7.50. The van der Waals surface area contributed by atoms with Gasteiger partial charge in [0.25, 0.3) is 0 Å². The molecule has 0 N–H and O–H groups in total. The van der Waals surface area contributed by atoms with Crippen LogP contribution >= 0.6 is 0 Å². The number of hydrogen-bond donors (Lipinski definition) is 0. The van der Waals surface area contributed by atoms with Crippen molar-refractivity contribution in [3.05, 3.63) is 70.8 Å². The predicted octanol–water partition coefficient (Wildman–Crippen LogP) is 5.94. The van der Waals surface area contributed by atoms with Gasteiger partial charge in [-0.3, -0.25) is 4.79 Å². The van der Waals surface area contributed by atoms with E-state index in [2.05, 4.69) is 0 Å². The molecular formula is C28H31F6N3O3. The molecule has 2 heterocycles. The number of rotatable bonds is 4. The molecule has 40 heavy (non-hydrogen) atoms. The lowest BCUT2D eigenvalue weighted by molar-refractivity contribution is -0.143. The summed E-state index contributed by atoms with van der Waals surface area (Å²) in [4.78, 5) is 30.0. The monoisotopic (exact) mass is 571 g/mol. The molecule has 0 aromatic heterocycles. The summed E-state index contributed by atoms with van der Waals surface area (Å²) in [5.74, 6) is -0.404. The van der Waals surface area contributed by atoms with Crippen molar-refractivity contribution in [3.8, 4) is 0 Å². The number of ether oxygens (including phenoxy) is 1. The Labute approximate surface area is 228 Å². The number of piperidine rings is 1. The molecule has 0 bridgehead atoms. The molecule has 3 atom stereocenters. The first-order valence-corrected chi connectivity index (χ1v) is 13.0. The maximum atomic E-state index is 13.4. The number of carbonyl (C=O) groups is 2. The van der Waals surface area contributed by atoms with Gasteiger partial charge < -0.3 is 19.4 Å². The van der Waals surface area contributed by atoms with Gasteiger partial charge in [0, 0.05) is 52.1 Å². The first-order chi connectivity index (χ1) is 18.7. The van der Waals surface area contributed by atoms with Crippen molar-refractivity contribution < 1.29 is 40.7 Å². The highest BCUT2D eigenvalue weighted by Gasteiger charge is 2.39. The molecule has 2 saturated heterocycles. The second-order valence-electron chi connectivity index (χ2n) is 10.2. The Kier molecular flexibility index (Phi) is 8.67. The Morgan fingerprint density at radius 3 is 1.90 bits per heavy atom. The summed E-state index contributed by atoms with van der Waals surface area (Å²) in [5, 5.41) is 0. The van der Waals surface area contributed by atoms with Gasteiger partial charge in [-0.1, -0.05) is 30.3 Å². The first kappa shape index (κ1) is 29.7. The fraction of sp³-hybridized carbons (Fsp3) is 0.500. The van der Waals surface area contributed by atoms with Gasteiger partial charge in [0.15, 0.2) is 0 Å². The van der Waals surface area contributed by atoms with Gasteiger partial charge in [-0.2, -0.15) is 26.3 Å². The lowest BCUT2D eigenvalue weighted by Crippen LogP contribution is -2.56. The highest BCUT2D eigenvalue weighted by atomic mass is 19.4. The van der Waals surface area contributed by atoms with Gasteiger partial charge in [-0.05, 0) is 42.7 Å². The summed E-state index contributed by atoms with van der Waals surface area (Å²) in [5.41, 5.74) is -2.16. The van der Waals surface area contributed by atoms with E-state index < -0.39 is 35.7 Å². The SMILES string of the molecule is CC(=O)N1CCN(C(=O)N2CCC(OC(C)c3cc(C(F)(F)F)cc(C(F)(F)F)c3)C(c3ccccc3)C2)CC1. The molecule has 0 radical (unpaired) electrons. The number of hydrogen-bond acceptors (Lipinski definition) is 3. The third kappa shape index (κ3) is 6.89. The van der Waals surface area contributed by atoms with Gasteiger partial charge in [-0.15, -0.1) is 0 Å². The van der Waals surface area contributed by atoms with Gasteiger partial charge in [0.2, 0.25) is 5.91 Å².